The number of carbonyl (C=O) groups is 1. The smallest absolute Gasteiger partial charge is 0.235 e. The first-order valence-corrected chi connectivity index (χ1v) is 9.49. The van der Waals surface area contributed by atoms with Crippen LogP contribution in [0.15, 0.2) is 42.5 Å². The largest absolute Gasteiger partial charge is 0.351 e. The zero-order chi connectivity index (χ0) is 17.7. The van der Waals surface area contributed by atoms with Crippen molar-refractivity contribution in [2.45, 2.75) is 12.3 Å². The second kappa shape index (κ2) is 7.96. The van der Waals surface area contributed by atoms with Crippen LogP contribution < -0.4 is 5.32 Å². The van der Waals surface area contributed by atoms with Crippen LogP contribution in [0.1, 0.15) is 11.1 Å². The van der Waals surface area contributed by atoms with Gasteiger partial charge in [0.15, 0.2) is 9.84 Å². The number of hydrogen-bond donors (Lipinski definition) is 1. The first kappa shape index (κ1) is 18.7. The van der Waals surface area contributed by atoms with Gasteiger partial charge in [0.2, 0.25) is 5.91 Å². The molecule has 0 radical (unpaired) electrons. The minimum Gasteiger partial charge on any atom is -0.351 e. The van der Waals surface area contributed by atoms with Crippen molar-refractivity contribution in [3.05, 3.63) is 69.5 Å². The molecular weight excluding hydrogens is 376 g/mol. The molecule has 0 spiro atoms. The highest BCUT2D eigenvalue weighted by Crippen LogP contribution is 2.23. The Labute approximate surface area is 149 Å². The van der Waals surface area contributed by atoms with E-state index < -0.39 is 27.3 Å². The van der Waals surface area contributed by atoms with Crippen molar-refractivity contribution in [2.24, 2.45) is 0 Å². The lowest BCUT2D eigenvalue weighted by Crippen LogP contribution is -2.30. The molecule has 0 saturated heterocycles. The van der Waals surface area contributed by atoms with Crippen molar-refractivity contribution in [2.75, 3.05) is 5.75 Å². The maximum Gasteiger partial charge on any atom is 0.235 e. The molecule has 0 atom stereocenters. The molecule has 2 rings (SSSR count). The lowest BCUT2D eigenvalue weighted by Gasteiger charge is -2.08. The SMILES string of the molecule is O=C(CS(=O)(=O)Cc1ccc(Cl)c(Cl)c1)NCc1ccccc1F. The Kier molecular flexibility index (Phi) is 6.21. The fourth-order valence-corrected chi connectivity index (χ4v) is 3.63. The molecule has 0 heterocycles. The van der Waals surface area contributed by atoms with E-state index in [0.29, 0.717) is 10.6 Å². The van der Waals surface area contributed by atoms with Crippen molar-refractivity contribution in [3.63, 3.8) is 0 Å². The van der Waals surface area contributed by atoms with E-state index in [1.54, 1.807) is 6.07 Å². The van der Waals surface area contributed by atoms with Crippen LogP contribution in [0.4, 0.5) is 4.39 Å². The number of halogens is 3. The zero-order valence-electron chi connectivity index (χ0n) is 12.4. The van der Waals surface area contributed by atoms with E-state index in [1.807, 2.05) is 0 Å². The summed E-state index contributed by atoms with van der Waals surface area (Å²) >= 11 is 11.6. The minimum absolute atomic E-state index is 0.0756. The second-order valence-electron chi connectivity index (χ2n) is 5.15. The Bertz CT molecular complexity index is 856. The lowest BCUT2D eigenvalue weighted by molar-refractivity contribution is -0.118. The molecule has 24 heavy (non-hydrogen) atoms. The zero-order valence-corrected chi connectivity index (χ0v) is 14.8. The molecule has 2 aromatic carbocycles. The summed E-state index contributed by atoms with van der Waals surface area (Å²) in [6.45, 7) is -0.0756. The van der Waals surface area contributed by atoms with Gasteiger partial charge in [-0.1, -0.05) is 47.5 Å². The summed E-state index contributed by atoms with van der Waals surface area (Å²) in [6.07, 6.45) is 0. The summed E-state index contributed by atoms with van der Waals surface area (Å²) in [7, 11) is -3.69. The number of carbonyl (C=O) groups excluding carboxylic acids is 1. The van der Waals surface area contributed by atoms with Crippen molar-refractivity contribution >= 4 is 38.9 Å². The molecule has 1 N–H and O–H groups in total. The summed E-state index contributed by atoms with van der Waals surface area (Å²) in [6, 6.07) is 10.4. The van der Waals surface area contributed by atoms with Crippen LogP contribution in [0.3, 0.4) is 0 Å². The van der Waals surface area contributed by atoms with Crippen LogP contribution >= 0.6 is 23.2 Å². The molecule has 4 nitrogen and oxygen atoms in total. The third-order valence-corrected chi connectivity index (χ3v) is 5.37. The summed E-state index contributed by atoms with van der Waals surface area (Å²) in [5, 5.41) is 2.96. The van der Waals surface area contributed by atoms with Gasteiger partial charge in [-0.3, -0.25) is 4.79 Å². The third-order valence-electron chi connectivity index (χ3n) is 3.16. The summed E-state index contributed by atoms with van der Waals surface area (Å²) < 4.78 is 37.6. The monoisotopic (exact) mass is 389 g/mol. The first-order valence-electron chi connectivity index (χ1n) is 6.91. The fourth-order valence-electron chi connectivity index (χ4n) is 2.02. The normalized spacial score (nSPS) is 11.3. The minimum atomic E-state index is -3.69. The van der Waals surface area contributed by atoms with Gasteiger partial charge in [0.05, 0.1) is 15.8 Å². The van der Waals surface area contributed by atoms with Crippen LogP contribution in [0.5, 0.6) is 0 Å². The summed E-state index contributed by atoms with van der Waals surface area (Å²) in [5.74, 6) is -2.19. The van der Waals surface area contributed by atoms with Gasteiger partial charge in [-0.05, 0) is 23.8 Å². The Morgan fingerprint density at radius 1 is 1.08 bits per heavy atom. The Morgan fingerprint density at radius 3 is 2.46 bits per heavy atom. The van der Waals surface area contributed by atoms with E-state index in [9.17, 15) is 17.6 Å². The van der Waals surface area contributed by atoms with E-state index in [0.717, 1.165) is 0 Å². The third kappa shape index (κ3) is 5.47. The standard InChI is InChI=1S/C16H14Cl2FNO3S/c17-13-6-5-11(7-14(13)18)9-24(22,23)10-16(21)20-8-12-3-1-2-4-15(12)19/h1-7H,8-10H2,(H,20,21). The highest BCUT2D eigenvalue weighted by atomic mass is 35.5. The van der Waals surface area contributed by atoms with Crippen LogP contribution in [0, 0.1) is 5.82 Å². The number of sulfone groups is 1. The maximum atomic E-state index is 13.4. The molecule has 0 fully saturated rings. The van der Waals surface area contributed by atoms with Crippen LogP contribution in [0.25, 0.3) is 0 Å². The van der Waals surface area contributed by atoms with Crippen LogP contribution in [0.2, 0.25) is 10.0 Å². The summed E-state index contributed by atoms with van der Waals surface area (Å²) in [4.78, 5) is 11.8. The maximum absolute atomic E-state index is 13.4. The molecular formula is C16H14Cl2FNO3S. The average molecular weight is 390 g/mol. The van der Waals surface area contributed by atoms with Gasteiger partial charge >= 0.3 is 0 Å². The number of rotatable bonds is 6. The second-order valence-corrected chi connectivity index (χ2v) is 8.03. The van der Waals surface area contributed by atoms with Gasteiger partial charge in [-0.15, -0.1) is 0 Å². The number of amides is 1. The molecule has 128 valence electrons. The molecule has 2 aromatic rings. The van der Waals surface area contributed by atoms with Crippen molar-refractivity contribution in [3.8, 4) is 0 Å². The molecule has 0 aliphatic carbocycles. The van der Waals surface area contributed by atoms with E-state index in [-0.39, 0.29) is 22.9 Å². The first-order chi connectivity index (χ1) is 11.3. The topological polar surface area (TPSA) is 63.2 Å². The molecule has 0 bridgehead atoms. The highest BCUT2D eigenvalue weighted by Gasteiger charge is 2.18. The Balaban J connectivity index is 1.94. The molecule has 0 aromatic heterocycles. The Morgan fingerprint density at radius 2 is 1.79 bits per heavy atom. The molecule has 0 saturated carbocycles. The predicted octanol–water partition coefficient (Wildman–Crippen LogP) is 3.36. The van der Waals surface area contributed by atoms with Crippen molar-refractivity contribution < 1.29 is 17.6 Å². The molecule has 8 heteroatoms. The van der Waals surface area contributed by atoms with E-state index in [2.05, 4.69) is 5.32 Å². The van der Waals surface area contributed by atoms with Gasteiger partial charge in [-0.25, -0.2) is 12.8 Å². The quantitative estimate of drug-likeness (QED) is 0.823. The van der Waals surface area contributed by atoms with E-state index >= 15 is 0 Å². The average Bonchev–Trinajstić information content (AvgIpc) is 2.49. The molecule has 0 unspecified atom stereocenters. The van der Waals surface area contributed by atoms with Crippen molar-refractivity contribution in [1.82, 2.24) is 5.32 Å². The van der Waals surface area contributed by atoms with Gasteiger partial charge in [0.1, 0.15) is 11.6 Å². The molecule has 1 amide bonds. The van der Waals surface area contributed by atoms with E-state index in [4.69, 9.17) is 23.2 Å². The fraction of sp³-hybridized carbons (Fsp3) is 0.188. The van der Waals surface area contributed by atoms with Crippen LogP contribution in [-0.2, 0) is 26.9 Å². The van der Waals surface area contributed by atoms with Gasteiger partial charge in [0.25, 0.3) is 0 Å². The Hall–Kier alpha value is -1.63. The highest BCUT2D eigenvalue weighted by molar-refractivity contribution is 7.91. The van der Waals surface area contributed by atoms with Gasteiger partial charge in [0, 0.05) is 12.1 Å². The lowest BCUT2D eigenvalue weighted by atomic mass is 10.2. The van der Waals surface area contributed by atoms with Crippen LogP contribution in [-0.4, -0.2) is 20.1 Å². The van der Waals surface area contributed by atoms with Gasteiger partial charge in [-0.2, -0.15) is 0 Å². The van der Waals surface area contributed by atoms with Gasteiger partial charge < -0.3 is 5.32 Å². The molecule has 0 aliphatic heterocycles. The number of benzene rings is 2. The molecule has 0 aliphatic rings. The number of nitrogens with one attached hydrogen (secondary N) is 1. The summed E-state index contributed by atoms with van der Waals surface area (Å²) in [5.41, 5.74) is 0.721. The van der Waals surface area contributed by atoms with E-state index in [1.165, 1.54) is 36.4 Å². The number of hydrogen-bond acceptors (Lipinski definition) is 3. The predicted molar refractivity (Wildman–Crippen MR) is 92.2 cm³/mol. The van der Waals surface area contributed by atoms with Crippen molar-refractivity contribution in [1.29, 1.82) is 0 Å².